The first-order valence-corrected chi connectivity index (χ1v) is 5.98. The quantitative estimate of drug-likeness (QED) is 0.720. The van der Waals surface area contributed by atoms with Crippen molar-refractivity contribution < 1.29 is 0 Å². The Morgan fingerprint density at radius 1 is 1.19 bits per heavy atom. The molecule has 0 fully saturated rings. The van der Waals surface area contributed by atoms with E-state index in [0.717, 1.165) is 26.3 Å². The molecule has 2 aromatic heterocycles. The maximum Gasteiger partial charge on any atom is 0.206 e. The molecule has 0 saturated heterocycles. The third-order valence-corrected chi connectivity index (χ3v) is 3.35. The van der Waals surface area contributed by atoms with E-state index in [9.17, 15) is 0 Å². The summed E-state index contributed by atoms with van der Waals surface area (Å²) in [6, 6.07) is 11.7. The first-order chi connectivity index (χ1) is 7.81. The summed E-state index contributed by atoms with van der Waals surface area (Å²) in [5, 5.41) is 4.16. The average molecular weight is 250 g/mol. The van der Waals surface area contributed by atoms with Gasteiger partial charge in [0, 0.05) is 0 Å². The summed E-state index contributed by atoms with van der Waals surface area (Å²) in [6.45, 7) is 0. The van der Waals surface area contributed by atoms with E-state index in [1.165, 1.54) is 11.3 Å². The number of benzene rings is 1. The van der Waals surface area contributed by atoms with E-state index < -0.39 is 0 Å². The van der Waals surface area contributed by atoms with Crippen LogP contribution in [-0.2, 0) is 0 Å². The smallest absolute Gasteiger partial charge is 0.206 e. The number of fused-ring (bicyclic) bond motifs is 1. The Morgan fingerprint density at radius 3 is 2.81 bits per heavy atom. The van der Waals surface area contributed by atoms with Crippen molar-refractivity contribution in [3.05, 3.63) is 40.7 Å². The predicted molar refractivity (Wildman–Crippen MR) is 68.7 cm³/mol. The summed E-state index contributed by atoms with van der Waals surface area (Å²) < 4.78 is 0.763. The fraction of sp³-hybridized carbons (Fsp3) is 0. The summed E-state index contributed by atoms with van der Waals surface area (Å²) in [4.78, 5) is 7.61. The van der Waals surface area contributed by atoms with Gasteiger partial charge in [0.15, 0.2) is 0 Å². The molecule has 16 heavy (non-hydrogen) atoms. The molecule has 2 N–H and O–H groups in total. The summed E-state index contributed by atoms with van der Waals surface area (Å²) in [5.41, 5.74) is 1.97. The van der Waals surface area contributed by atoms with E-state index in [0.29, 0.717) is 0 Å². The molecule has 0 spiro atoms. The van der Waals surface area contributed by atoms with Gasteiger partial charge in [0.25, 0.3) is 0 Å². The van der Waals surface area contributed by atoms with Gasteiger partial charge in [-0.05, 0) is 24.3 Å². The second-order valence-corrected chi connectivity index (χ2v) is 5.05. The molecule has 3 rings (SSSR count). The van der Waals surface area contributed by atoms with Crippen molar-refractivity contribution in [2.24, 2.45) is 0 Å². The van der Waals surface area contributed by atoms with Crippen LogP contribution < -0.4 is 5.32 Å². The molecule has 0 unspecified atom stereocenters. The molecule has 3 aromatic rings. The molecule has 2 heterocycles. The molecule has 0 radical (unpaired) electrons. The first kappa shape index (κ1) is 9.69. The van der Waals surface area contributed by atoms with Crippen molar-refractivity contribution in [1.82, 2.24) is 9.97 Å². The minimum Gasteiger partial charge on any atom is -0.324 e. The number of para-hydroxylation sites is 2. The molecule has 0 aliphatic heterocycles. The van der Waals surface area contributed by atoms with E-state index in [-0.39, 0.29) is 0 Å². The standard InChI is InChI=1S/C11H8ClN3S/c12-9-5-6-10(16-9)15-11-13-7-3-1-2-4-8(7)14-11/h1-6H,(H2,13,14,15). The van der Waals surface area contributed by atoms with Crippen molar-refractivity contribution in [3.63, 3.8) is 0 Å². The van der Waals surface area contributed by atoms with Gasteiger partial charge >= 0.3 is 0 Å². The lowest BCUT2D eigenvalue weighted by Gasteiger charge is -1.95. The van der Waals surface area contributed by atoms with E-state index in [4.69, 9.17) is 11.6 Å². The summed E-state index contributed by atoms with van der Waals surface area (Å²) >= 11 is 7.34. The van der Waals surface area contributed by atoms with Crippen molar-refractivity contribution in [3.8, 4) is 0 Å². The van der Waals surface area contributed by atoms with Gasteiger partial charge < -0.3 is 10.3 Å². The van der Waals surface area contributed by atoms with Gasteiger partial charge in [-0.3, -0.25) is 0 Å². The molecule has 3 nitrogen and oxygen atoms in total. The van der Waals surface area contributed by atoms with Crippen LogP contribution in [0, 0.1) is 0 Å². The Kier molecular flexibility index (Phi) is 2.31. The zero-order valence-electron chi connectivity index (χ0n) is 8.20. The minimum absolute atomic E-state index is 0.736. The molecule has 0 saturated carbocycles. The first-order valence-electron chi connectivity index (χ1n) is 4.78. The van der Waals surface area contributed by atoms with Crippen LogP contribution in [-0.4, -0.2) is 9.97 Å². The summed E-state index contributed by atoms with van der Waals surface area (Å²) in [6.07, 6.45) is 0. The Labute approximate surface area is 101 Å². The van der Waals surface area contributed by atoms with Gasteiger partial charge in [-0.1, -0.05) is 23.7 Å². The third-order valence-electron chi connectivity index (χ3n) is 2.20. The van der Waals surface area contributed by atoms with Gasteiger partial charge in [-0.2, -0.15) is 0 Å². The fourth-order valence-corrected chi connectivity index (χ4v) is 2.45. The predicted octanol–water partition coefficient (Wildman–Crippen LogP) is 4.02. The van der Waals surface area contributed by atoms with Crippen LogP contribution in [0.4, 0.5) is 10.9 Å². The van der Waals surface area contributed by atoms with Crippen molar-refractivity contribution in [1.29, 1.82) is 0 Å². The van der Waals surface area contributed by atoms with Crippen LogP contribution in [0.5, 0.6) is 0 Å². The van der Waals surface area contributed by atoms with Gasteiger partial charge in [0.2, 0.25) is 5.95 Å². The van der Waals surface area contributed by atoms with E-state index in [1.807, 2.05) is 36.4 Å². The molecule has 1 aromatic carbocycles. The molecule has 0 aliphatic rings. The van der Waals surface area contributed by atoms with Crippen molar-refractivity contribution >= 4 is 44.9 Å². The number of imidazole rings is 1. The number of thiophene rings is 1. The monoisotopic (exact) mass is 249 g/mol. The molecule has 80 valence electrons. The van der Waals surface area contributed by atoms with Crippen molar-refractivity contribution in [2.75, 3.05) is 5.32 Å². The summed E-state index contributed by atoms with van der Waals surface area (Å²) in [7, 11) is 0. The highest BCUT2D eigenvalue weighted by atomic mass is 35.5. The second kappa shape index (κ2) is 3.81. The third kappa shape index (κ3) is 1.77. The zero-order chi connectivity index (χ0) is 11.0. The Hall–Kier alpha value is -1.52. The number of hydrogen-bond acceptors (Lipinski definition) is 3. The SMILES string of the molecule is Clc1ccc(Nc2nc3ccccc3[nH]2)s1. The van der Waals surface area contributed by atoms with Crippen LogP contribution in [0.1, 0.15) is 0 Å². The molecular formula is C11H8ClN3S. The lowest BCUT2D eigenvalue weighted by atomic mass is 10.3. The maximum absolute atomic E-state index is 5.85. The number of rotatable bonds is 2. The Morgan fingerprint density at radius 2 is 2.06 bits per heavy atom. The highest BCUT2D eigenvalue weighted by Crippen LogP contribution is 2.28. The number of H-pyrrole nitrogens is 1. The normalized spacial score (nSPS) is 10.8. The molecule has 0 amide bonds. The van der Waals surface area contributed by atoms with Gasteiger partial charge in [-0.15, -0.1) is 11.3 Å². The average Bonchev–Trinajstić information content (AvgIpc) is 2.84. The van der Waals surface area contributed by atoms with Gasteiger partial charge in [-0.25, -0.2) is 4.98 Å². The number of anilines is 2. The Balaban J connectivity index is 1.95. The number of nitrogens with zero attached hydrogens (tertiary/aromatic N) is 1. The lowest BCUT2D eigenvalue weighted by molar-refractivity contribution is 1.32. The van der Waals surface area contributed by atoms with Crippen LogP contribution in [0.25, 0.3) is 11.0 Å². The molecule has 0 bridgehead atoms. The maximum atomic E-state index is 5.85. The molecule has 5 heteroatoms. The molecule has 0 atom stereocenters. The van der Waals surface area contributed by atoms with Crippen LogP contribution in [0.3, 0.4) is 0 Å². The zero-order valence-corrected chi connectivity index (χ0v) is 9.77. The largest absolute Gasteiger partial charge is 0.324 e. The van der Waals surface area contributed by atoms with Crippen LogP contribution in [0.2, 0.25) is 4.34 Å². The topological polar surface area (TPSA) is 40.7 Å². The number of nitrogens with one attached hydrogen (secondary N) is 2. The number of aromatic amines is 1. The fourth-order valence-electron chi connectivity index (χ4n) is 1.51. The van der Waals surface area contributed by atoms with E-state index in [2.05, 4.69) is 15.3 Å². The lowest BCUT2D eigenvalue weighted by Crippen LogP contribution is -1.88. The van der Waals surface area contributed by atoms with Crippen LogP contribution >= 0.6 is 22.9 Å². The van der Waals surface area contributed by atoms with Crippen molar-refractivity contribution in [2.45, 2.75) is 0 Å². The summed E-state index contributed by atoms with van der Waals surface area (Å²) in [5.74, 6) is 0.736. The molecular weight excluding hydrogens is 242 g/mol. The van der Waals surface area contributed by atoms with Crippen LogP contribution in [0.15, 0.2) is 36.4 Å². The number of hydrogen-bond donors (Lipinski definition) is 2. The number of aromatic nitrogens is 2. The molecule has 0 aliphatic carbocycles. The minimum atomic E-state index is 0.736. The van der Waals surface area contributed by atoms with E-state index in [1.54, 1.807) is 0 Å². The highest BCUT2D eigenvalue weighted by Gasteiger charge is 2.03. The Bertz CT molecular complexity index is 596. The van der Waals surface area contributed by atoms with E-state index >= 15 is 0 Å². The number of halogens is 1. The highest BCUT2D eigenvalue weighted by molar-refractivity contribution is 7.19. The van der Waals surface area contributed by atoms with Gasteiger partial charge in [0.1, 0.15) is 0 Å². The second-order valence-electron chi connectivity index (χ2n) is 3.33. The van der Waals surface area contributed by atoms with Gasteiger partial charge in [0.05, 0.1) is 20.4 Å².